The van der Waals surface area contributed by atoms with E-state index in [9.17, 15) is 0 Å². The molecule has 5 heteroatoms. The summed E-state index contributed by atoms with van der Waals surface area (Å²) in [5.41, 5.74) is 0.444. The van der Waals surface area contributed by atoms with Crippen molar-refractivity contribution in [2.45, 2.75) is 57.9 Å². The number of nitrogens with one attached hydrogen (secondary N) is 2. The van der Waals surface area contributed by atoms with Gasteiger partial charge < -0.3 is 15.4 Å². The third kappa shape index (κ3) is 5.58. The zero-order chi connectivity index (χ0) is 14.4. The first kappa shape index (κ1) is 19.0. The lowest BCUT2D eigenvalue weighted by molar-refractivity contribution is 0.0732. The van der Waals surface area contributed by atoms with Crippen LogP contribution in [0.1, 0.15) is 51.9 Å². The lowest BCUT2D eigenvalue weighted by Crippen LogP contribution is -2.47. The highest BCUT2D eigenvalue weighted by Crippen LogP contribution is 2.43. The summed E-state index contributed by atoms with van der Waals surface area (Å²) in [5, 5.41) is 7.10. The van der Waals surface area contributed by atoms with E-state index in [4.69, 9.17) is 4.74 Å². The first-order valence-electron chi connectivity index (χ1n) is 8.19. The second-order valence-electron chi connectivity index (χ2n) is 6.56. The van der Waals surface area contributed by atoms with E-state index in [1.54, 1.807) is 7.11 Å². The molecule has 2 saturated carbocycles. The molecule has 0 saturated heterocycles. The number of aliphatic imine (C=N–C) groups is 1. The van der Waals surface area contributed by atoms with Crippen LogP contribution in [0, 0.1) is 11.3 Å². The molecule has 0 bridgehead atoms. The standard InChI is InChI=1S/C16H31N3O.HI/c1-4-6-13-11-14(13)19-15(17-2)18-12-16(7-5-8-16)9-10-20-3;/h13-14H,4-12H2,1-3H3,(H2,17,18,19);1H. The fraction of sp³-hybridized carbons (Fsp3) is 0.938. The molecule has 0 aromatic heterocycles. The lowest BCUT2D eigenvalue weighted by Gasteiger charge is -2.42. The van der Waals surface area contributed by atoms with Gasteiger partial charge >= 0.3 is 0 Å². The van der Waals surface area contributed by atoms with Crippen molar-refractivity contribution < 1.29 is 4.74 Å². The third-order valence-electron chi connectivity index (χ3n) is 5.01. The molecule has 0 heterocycles. The Bertz CT molecular complexity index is 331. The van der Waals surface area contributed by atoms with Crippen LogP contribution in [0.15, 0.2) is 4.99 Å². The largest absolute Gasteiger partial charge is 0.385 e. The Balaban J connectivity index is 0.00000220. The minimum Gasteiger partial charge on any atom is -0.385 e. The summed E-state index contributed by atoms with van der Waals surface area (Å²) in [7, 11) is 3.66. The molecule has 2 fully saturated rings. The molecule has 124 valence electrons. The van der Waals surface area contributed by atoms with Crippen LogP contribution in [-0.4, -0.2) is 39.3 Å². The van der Waals surface area contributed by atoms with E-state index in [1.807, 2.05) is 7.05 Å². The number of hydrogen-bond acceptors (Lipinski definition) is 2. The predicted octanol–water partition coefficient (Wildman–Crippen LogP) is 3.16. The Morgan fingerprint density at radius 2 is 2.14 bits per heavy atom. The van der Waals surface area contributed by atoms with Gasteiger partial charge in [0, 0.05) is 33.4 Å². The zero-order valence-corrected chi connectivity index (χ0v) is 16.1. The summed E-state index contributed by atoms with van der Waals surface area (Å²) in [6, 6.07) is 0.650. The van der Waals surface area contributed by atoms with E-state index in [2.05, 4.69) is 22.5 Å². The summed E-state index contributed by atoms with van der Waals surface area (Å²) in [5.74, 6) is 1.85. The maximum atomic E-state index is 5.25. The molecule has 2 rings (SSSR count). The number of ether oxygens (including phenoxy) is 1. The molecule has 0 aromatic carbocycles. The molecule has 0 aliphatic heterocycles. The second-order valence-corrected chi connectivity index (χ2v) is 6.56. The van der Waals surface area contributed by atoms with Gasteiger partial charge in [0.25, 0.3) is 0 Å². The monoisotopic (exact) mass is 409 g/mol. The van der Waals surface area contributed by atoms with E-state index in [0.29, 0.717) is 11.5 Å². The highest BCUT2D eigenvalue weighted by atomic mass is 127. The fourth-order valence-corrected chi connectivity index (χ4v) is 3.27. The molecule has 2 aliphatic carbocycles. The van der Waals surface area contributed by atoms with Crippen LogP contribution in [0.4, 0.5) is 0 Å². The Kier molecular flexibility index (Phi) is 8.31. The van der Waals surface area contributed by atoms with Gasteiger partial charge in [0.2, 0.25) is 0 Å². The third-order valence-corrected chi connectivity index (χ3v) is 5.01. The van der Waals surface area contributed by atoms with Gasteiger partial charge in [-0.2, -0.15) is 0 Å². The van der Waals surface area contributed by atoms with Crippen LogP contribution in [0.2, 0.25) is 0 Å². The Morgan fingerprint density at radius 1 is 1.38 bits per heavy atom. The summed E-state index contributed by atoms with van der Waals surface area (Å²) in [4.78, 5) is 4.37. The van der Waals surface area contributed by atoms with Crippen LogP contribution in [0.3, 0.4) is 0 Å². The molecular formula is C16H32IN3O. The molecule has 2 atom stereocenters. The number of methoxy groups -OCH3 is 1. The molecule has 2 unspecified atom stereocenters. The van der Waals surface area contributed by atoms with Crippen molar-refractivity contribution in [1.82, 2.24) is 10.6 Å². The maximum Gasteiger partial charge on any atom is 0.191 e. The van der Waals surface area contributed by atoms with Crippen molar-refractivity contribution in [2.24, 2.45) is 16.3 Å². The average molecular weight is 409 g/mol. The number of rotatable bonds is 8. The van der Waals surface area contributed by atoms with Crippen molar-refractivity contribution in [3.05, 3.63) is 0 Å². The Hall–Kier alpha value is -0.0400. The van der Waals surface area contributed by atoms with Gasteiger partial charge in [-0.15, -0.1) is 24.0 Å². The van der Waals surface area contributed by atoms with E-state index >= 15 is 0 Å². The van der Waals surface area contributed by atoms with Crippen molar-refractivity contribution in [3.8, 4) is 0 Å². The van der Waals surface area contributed by atoms with E-state index in [1.165, 1.54) is 38.5 Å². The molecule has 4 nitrogen and oxygen atoms in total. The summed E-state index contributed by atoms with van der Waals surface area (Å²) in [6.07, 6.45) is 9.10. The first-order chi connectivity index (χ1) is 9.73. The smallest absolute Gasteiger partial charge is 0.191 e. The minimum atomic E-state index is 0. The quantitative estimate of drug-likeness (QED) is 0.368. The van der Waals surface area contributed by atoms with Crippen LogP contribution < -0.4 is 10.6 Å². The van der Waals surface area contributed by atoms with Gasteiger partial charge in [0.15, 0.2) is 5.96 Å². The minimum absolute atomic E-state index is 0. The van der Waals surface area contributed by atoms with Crippen molar-refractivity contribution in [3.63, 3.8) is 0 Å². The summed E-state index contributed by atoms with van der Waals surface area (Å²) >= 11 is 0. The number of halogens is 1. The first-order valence-corrected chi connectivity index (χ1v) is 8.19. The molecule has 0 spiro atoms. The van der Waals surface area contributed by atoms with Gasteiger partial charge in [-0.1, -0.05) is 19.8 Å². The predicted molar refractivity (Wildman–Crippen MR) is 99.5 cm³/mol. The van der Waals surface area contributed by atoms with Crippen LogP contribution in [-0.2, 0) is 4.74 Å². The van der Waals surface area contributed by atoms with Gasteiger partial charge in [0.1, 0.15) is 0 Å². The zero-order valence-electron chi connectivity index (χ0n) is 13.8. The van der Waals surface area contributed by atoms with E-state index in [-0.39, 0.29) is 24.0 Å². The molecule has 0 amide bonds. The summed E-state index contributed by atoms with van der Waals surface area (Å²) < 4.78 is 5.25. The normalized spacial score (nSPS) is 26.5. The van der Waals surface area contributed by atoms with Crippen LogP contribution >= 0.6 is 24.0 Å². The highest BCUT2D eigenvalue weighted by molar-refractivity contribution is 14.0. The number of hydrogen-bond donors (Lipinski definition) is 2. The van der Waals surface area contributed by atoms with Gasteiger partial charge in [-0.3, -0.25) is 4.99 Å². The lowest BCUT2D eigenvalue weighted by atomic mass is 9.67. The van der Waals surface area contributed by atoms with Crippen molar-refractivity contribution in [1.29, 1.82) is 0 Å². The van der Waals surface area contributed by atoms with Gasteiger partial charge in [-0.25, -0.2) is 0 Å². The van der Waals surface area contributed by atoms with Crippen LogP contribution in [0.5, 0.6) is 0 Å². The number of guanidine groups is 1. The molecule has 0 radical (unpaired) electrons. The average Bonchev–Trinajstić information content (AvgIpc) is 3.14. The van der Waals surface area contributed by atoms with Gasteiger partial charge in [-0.05, 0) is 43.4 Å². The van der Waals surface area contributed by atoms with E-state index in [0.717, 1.165) is 31.4 Å². The Labute approximate surface area is 146 Å². The highest BCUT2D eigenvalue weighted by Gasteiger charge is 2.38. The topological polar surface area (TPSA) is 45.7 Å². The fourth-order valence-electron chi connectivity index (χ4n) is 3.27. The maximum absolute atomic E-state index is 5.25. The summed E-state index contributed by atoms with van der Waals surface area (Å²) in [6.45, 7) is 4.16. The molecule has 2 N–H and O–H groups in total. The van der Waals surface area contributed by atoms with Crippen LogP contribution in [0.25, 0.3) is 0 Å². The second kappa shape index (κ2) is 9.18. The molecule has 21 heavy (non-hydrogen) atoms. The number of nitrogens with zero attached hydrogens (tertiary/aromatic N) is 1. The molecule has 0 aromatic rings. The van der Waals surface area contributed by atoms with Gasteiger partial charge in [0.05, 0.1) is 0 Å². The molecule has 2 aliphatic rings. The Morgan fingerprint density at radius 3 is 2.67 bits per heavy atom. The van der Waals surface area contributed by atoms with E-state index < -0.39 is 0 Å². The van der Waals surface area contributed by atoms with Crippen molar-refractivity contribution in [2.75, 3.05) is 27.3 Å². The molecular weight excluding hydrogens is 377 g/mol. The SMILES string of the molecule is CCCC1CC1NC(=NC)NCC1(CCOC)CCC1.I. The van der Waals surface area contributed by atoms with Crippen molar-refractivity contribution >= 4 is 29.9 Å².